The molecule has 4 fully saturated rings. The molecule has 1 N–H and O–H groups in total. The monoisotopic (exact) mass is 450 g/mol. The molecule has 180 valence electrons. The number of carbonyl (C=O) groups is 3. The molecular weight excluding hydrogens is 412 g/mol. The molecule has 0 bridgehead atoms. The van der Waals surface area contributed by atoms with E-state index in [0.29, 0.717) is 12.3 Å². The lowest BCUT2D eigenvalue weighted by atomic mass is 9.43. The van der Waals surface area contributed by atoms with Gasteiger partial charge in [0.05, 0.1) is 19.1 Å². The summed E-state index contributed by atoms with van der Waals surface area (Å²) < 4.78 is 16.5. The Hall–Kier alpha value is -1.63. The second kappa shape index (κ2) is 8.30. The summed E-state index contributed by atoms with van der Waals surface area (Å²) in [4.78, 5) is 36.3. The Bertz CT molecular complexity index is 780. The Kier molecular flexibility index (Phi) is 6.10. The molecule has 0 aromatic rings. The first kappa shape index (κ1) is 23.5. The van der Waals surface area contributed by atoms with Crippen molar-refractivity contribution in [2.45, 2.75) is 91.0 Å². The van der Waals surface area contributed by atoms with Crippen molar-refractivity contribution in [1.82, 2.24) is 0 Å². The molecule has 4 saturated carbocycles. The van der Waals surface area contributed by atoms with Crippen LogP contribution in [0.15, 0.2) is 0 Å². The number of ether oxygens (including phenoxy) is 3. The first-order valence-electron chi connectivity index (χ1n) is 12.1. The smallest absolute Gasteiger partial charge is 0.309 e. The highest BCUT2D eigenvalue weighted by Gasteiger charge is 2.69. The Morgan fingerprint density at radius 2 is 1.62 bits per heavy atom. The Morgan fingerprint density at radius 3 is 2.25 bits per heavy atom. The van der Waals surface area contributed by atoms with Crippen LogP contribution in [0.2, 0.25) is 0 Å². The summed E-state index contributed by atoms with van der Waals surface area (Å²) in [6.07, 6.45) is 4.37. The van der Waals surface area contributed by atoms with E-state index in [0.717, 1.165) is 38.5 Å². The second-order valence-electron chi connectivity index (χ2n) is 11.1. The highest BCUT2D eigenvalue weighted by Crippen LogP contribution is 2.68. The molecule has 0 radical (unpaired) electrons. The molecule has 0 heterocycles. The lowest BCUT2D eigenvalue weighted by Crippen LogP contribution is -2.66. The van der Waals surface area contributed by atoms with E-state index in [1.165, 1.54) is 21.0 Å². The third-order valence-electron chi connectivity index (χ3n) is 9.81. The zero-order valence-corrected chi connectivity index (χ0v) is 20.0. The maximum atomic E-state index is 12.6. The molecule has 10 unspecified atom stereocenters. The highest BCUT2D eigenvalue weighted by atomic mass is 16.6. The summed E-state index contributed by atoms with van der Waals surface area (Å²) in [5.74, 6) is -0.499. The standard InChI is InChI=1S/C25H38O7/c1-13(26)31-16-10-11-24(3)15(12-16)6-7-17-18-8-9-19(23(29)30-5)25(18,4)22(28)21(20(17)24)32-14(2)27/h15-22,28H,6-12H2,1-5H3. The van der Waals surface area contributed by atoms with Gasteiger partial charge in [-0.15, -0.1) is 0 Å². The van der Waals surface area contributed by atoms with Crippen molar-refractivity contribution in [2.75, 3.05) is 7.11 Å². The number of esters is 3. The van der Waals surface area contributed by atoms with E-state index in [-0.39, 0.29) is 41.2 Å². The van der Waals surface area contributed by atoms with Crippen molar-refractivity contribution in [1.29, 1.82) is 0 Å². The van der Waals surface area contributed by atoms with E-state index in [2.05, 4.69) is 6.92 Å². The molecule has 32 heavy (non-hydrogen) atoms. The summed E-state index contributed by atoms with van der Waals surface area (Å²) in [5.41, 5.74) is -0.794. The second-order valence-corrected chi connectivity index (χ2v) is 11.1. The molecule has 7 heteroatoms. The molecule has 7 nitrogen and oxygen atoms in total. The Balaban J connectivity index is 1.70. The first-order chi connectivity index (χ1) is 15.0. The molecule has 0 amide bonds. The minimum absolute atomic E-state index is 0.0212. The van der Waals surface area contributed by atoms with Crippen LogP contribution in [-0.4, -0.2) is 48.4 Å². The van der Waals surface area contributed by atoms with Crippen molar-refractivity contribution in [3.05, 3.63) is 0 Å². The number of aliphatic hydroxyl groups is 1. The predicted octanol–water partition coefficient (Wildman–Crippen LogP) is 3.26. The highest BCUT2D eigenvalue weighted by molar-refractivity contribution is 5.74. The summed E-state index contributed by atoms with van der Waals surface area (Å²) >= 11 is 0. The SMILES string of the molecule is COC(=O)C1CCC2C3CCC4CC(OC(C)=O)CCC4(C)C3C(OC(C)=O)C(O)C12C. The molecule has 0 aromatic carbocycles. The number of aliphatic hydroxyl groups excluding tert-OH is 1. The lowest BCUT2D eigenvalue weighted by molar-refractivity contribution is -0.240. The molecule has 0 saturated heterocycles. The number of carbonyl (C=O) groups excluding carboxylic acids is 3. The fourth-order valence-corrected chi connectivity index (χ4v) is 8.46. The molecule has 0 aromatic heterocycles. The van der Waals surface area contributed by atoms with Gasteiger partial charge in [-0.3, -0.25) is 14.4 Å². The van der Waals surface area contributed by atoms with Crippen molar-refractivity contribution < 1.29 is 33.7 Å². The van der Waals surface area contributed by atoms with Gasteiger partial charge in [-0.25, -0.2) is 0 Å². The summed E-state index contributed by atoms with van der Waals surface area (Å²) in [5, 5.41) is 11.7. The fourth-order valence-electron chi connectivity index (χ4n) is 8.46. The zero-order chi connectivity index (χ0) is 23.4. The minimum atomic E-state index is -0.925. The number of hydrogen-bond donors (Lipinski definition) is 1. The van der Waals surface area contributed by atoms with E-state index in [9.17, 15) is 19.5 Å². The molecule has 0 spiro atoms. The molecule has 4 aliphatic rings. The third-order valence-corrected chi connectivity index (χ3v) is 9.81. The van der Waals surface area contributed by atoms with Crippen LogP contribution in [0.1, 0.15) is 72.6 Å². The lowest BCUT2D eigenvalue weighted by Gasteiger charge is -2.63. The van der Waals surface area contributed by atoms with E-state index in [1.54, 1.807) is 0 Å². The Morgan fingerprint density at radius 1 is 0.938 bits per heavy atom. The van der Waals surface area contributed by atoms with Gasteiger partial charge in [-0.1, -0.05) is 13.8 Å². The predicted molar refractivity (Wildman–Crippen MR) is 115 cm³/mol. The van der Waals surface area contributed by atoms with E-state index in [4.69, 9.17) is 14.2 Å². The van der Waals surface area contributed by atoms with Gasteiger partial charge in [0.15, 0.2) is 0 Å². The van der Waals surface area contributed by atoms with Crippen LogP contribution in [0.4, 0.5) is 0 Å². The van der Waals surface area contributed by atoms with Crippen LogP contribution in [0.5, 0.6) is 0 Å². The average molecular weight is 451 g/mol. The molecular formula is C25H38O7. The maximum Gasteiger partial charge on any atom is 0.309 e. The van der Waals surface area contributed by atoms with Gasteiger partial charge in [0.1, 0.15) is 12.2 Å². The normalized spacial score (nSPS) is 47.4. The van der Waals surface area contributed by atoms with Gasteiger partial charge < -0.3 is 19.3 Å². The third kappa shape index (κ3) is 3.46. The summed E-state index contributed by atoms with van der Waals surface area (Å²) in [6.45, 7) is 7.12. The first-order valence-corrected chi connectivity index (χ1v) is 12.1. The zero-order valence-electron chi connectivity index (χ0n) is 20.0. The summed E-state index contributed by atoms with van der Waals surface area (Å²) in [6, 6.07) is 0. The van der Waals surface area contributed by atoms with Gasteiger partial charge in [-0.2, -0.15) is 0 Å². The van der Waals surface area contributed by atoms with Crippen LogP contribution >= 0.6 is 0 Å². The van der Waals surface area contributed by atoms with Crippen LogP contribution in [0.25, 0.3) is 0 Å². The average Bonchev–Trinajstić information content (AvgIpc) is 3.08. The van der Waals surface area contributed by atoms with Crippen molar-refractivity contribution in [3.8, 4) is 0 Å². The van der Waals surface area contributed by atoms with Crippen LogP contribution in [-0.2, 0) is 28.6 Å². The summed E-state index contributed by atoms with van der Waals surface area (Å²) in [7, 11) is 1.40. The van der Waals surface area contributed by atoms with Crippen LogP contribution < -0.4 is 0 Å². The van der Waals surface area contributed by atoms with E-state index >= 15 is 0 Å². The number of rotatable bonds is 3. The van der Waals surface area contributed by atoms with Crippen LogP contribution in [0, 0.1) is 40.4 Å². The van der Waals surface area contributed by atoms with Crippen molar-refractivity contribution >= 4 is 17.9 Å². The molecule has 0 aliphatic heterocycles. The Labute approximate surface area is 190 Å². The topological polar surface area (TPSA) is 99.1 Å². The molecule has 4 aliphatic carbocycles. The van der Waals surface area contributed by atoms with Crippen LogP contribution in [0.3, 0.4) is 0 Å². The number of methoxy groups -OCH3 is 1. The van der Waals surface area contributed by atoms with Crippen molar-refractivity contribution in [3.63, 3.8) is 0 Å². The minimum Gasteiger partial charge on any atom is -0.469 e. The van der Waals surface area contributed by atoms with Gasteiger partial charge in [0.2, 0.25) is 0 Å². The van der Waals surface area contributed by atoms with Gasteiger partial charge in [0, 0.05) is 25.2 Å². The van der Waals surface area contributed by atoms with Crippen molar-refractivity contribution in [2.24, 2.45) is 40.4 Å². The van der Waals surface area contributed by atoms with Gasteiger partial charge in [-0.05, 0) is 68.1 Å². The number of fused-ring (bicyclic) bond motifs is 5. The van der Waals surface area contributed by atoms with Gasteiger partial charge in [0.25, 0.3) is 0 Å². The van der Waals surface area contributed by atoms with E-state index < -0.39 is 29.5 Å². The largest absolute Gasteiger partial charge is 0.469 e. The van der Waals surface area contributed by atoms with E-state index in [1.807, 2.05) is 6.92 Å². The van der Waals surface area contributed by atoms with Gasteiger partial charge >= 0.3 is 17.9 Å². The molecule has 10 atom stereocenters. The molecule has 4 rings (SSSR count). The number of hydrogen-bond acceptors (Lipinski definition) is 7. The quantitative estimate of drug-likeness (QED) is 0.520. The maximum absolute atomic E-state index is 12.6. The fraction of sp³-hybridized carbons (Fsp3) is 0.880.